The summed E-state index contributed by atoms with van der Waals surface area (Å²) < 4.78 is 15.2. The number of imidazole rings is 1. The maximum Gasteiger partial charge on any atom is 0.272 e. The first-order valence-electron chi connectivity index (χ1n) is 10.8. The van der Waals surface area contributed by atoms with E-state index >= 15 is 0 Å². The van der Waals surface area contributed by atoms with E-state index in [1.807, 2.05) is 12.1 Å². The Morgan fingerprint density at radius 3 is 3.12 bits per heavy atom. The number of carbonyl (C=O) groups is 1. The smallest absolute Gasteiger partial charge is 0.272 e. The maximum absolute atomic E-state index is 13.0. The molecule has 0 fully saturated rings. The highest BCUT2D eigenvalue weighted by molar-refractivity contribution is 6.33. The van der Waals surface area contributed by atoms with Crippen molar-refractivity contribution < 1.29 is 14.3 Å². The number of hydrogen-bond acceptors (Lipinski definition) is 6. The summed E-state index contributed by atoms with van der Waals surface area (Å²) in [7, 11) is 0. The largest absolute Gasteiger partial charge is 0.491 e. The van der Waals surface area contributed by atoms with Crippen molar-refractivity contribution >= 4 is 17.5 Å². The van der Waals surface area contributed by atoms with E-state index in [2.05, 4.69) is 20.0 Å². The molecule has 1 aromatic carbocycles. The van der Waals surface area contributed by atoms with Crippen LogP contribution < -0.4 is 15.8 Å². The maximum atomic E-state index is 13.0. The number of halogens is 1. The second-order valence-electron chi connectivity index (χ2n) is 7.92. The molecule has 0 radical (unpaired) electrons. The molecule has 32 heavy (non-hydrogen) atoms. The van der Waals surface area contributed by atoms with Crippen LogP contribution in [-0.4, -0.2) is 45.0 Å². The number of fused-ring (bicyclic) bond motifs is 2. The van der Waals surface area contributed by atoms with Gasteiger partial charge in [0.15, 0.2) is 0 Å². The number of hydrogen-bond donors (Lipinski definition) is 2. The topological polar surface area (TPSA) is 109 Å². The zero-order chi connectivity index (χ0) is 22.1. The average Bonchev–Trinajstić information content (AvgIpc) is 3.44. The van der Waals surface area contributed by atoms with Gasteiger partial charge < -0.3 is 25.1 Å². The van der Waals surface area contributed by atoms with Crippen LogP contribution >= 0.6 is 11.6 Å². The lowest BCUT2D eigenvalue weighted by Gasteiger charge is -2.25. The molecule has 0 bridgehead atoms. The second kappa shape index (κ2) is 8.93. The lowest BCUT2D eigenvalue weighted by atomic mass is 10.0. The van der Waals surface area contributed by atoms with Crippen molar-refractivity contribution in [3.05, 3.63) is 58.4 Å². The van der Waals surface area contributed by atoms with Crippen LogP contribution in [0, 0.1) is 0 Å². The van der Waals surface area contributed by atoms with Crippen molar-refractivity contribution in [2.24, 2.45) is 5.73 Å². The number of ether oxygens (including phenoxy) is 2. The van der Waals surface area contributed by atoms with E-state index in [0.717, 1.165) is 42.8 Å². The molecule has 2 aromatic heterocycles. The van der Waals surface area contributed by atoms with E-state index in [0.29, 0.717) is 48.5 Å². The Balaban J connectivity index is 1.40. The van der Waals surface area contributed by atoms with Gasteiger partial charge in [-0.25, -0.2) is 9.67 Å². The van der Waals surface area contributed by atoms with Crippen LogP contribution in [0.4, 0.5) is 0 Å². The number of benzene rings is 1. The molecule has 1 atom stereocenters. The molecule has 0 spiro atoms. The normalized spacial score (nSPS) is 17.5. The number of rotatable bonds is 6. The summed E-state index contributed by atoms with van der Waals surface area (Å²) in [5.74, 6) is 0.357. The van der Waals surface area contributed by atoms with Crippen LogP contribution in [0.3, 0.4) is 0 Å². The molecule has 2 aliphatic heterocycles. The molecule has 0 aliphatic carbocycles. The van der Waals surface area contributed by atoms with E-state index in [1.165, 1.54) is 0 Å². The van der Waals surface area contributed by atoms with Crippen LogP contribution in [-0.2, 0) is 24.3 Å². The molecule has 3 aromatic rings. The van der Waals surface area contributed by atoms with Gasteiger partial charge in [-0.15, -0.1) is 0 Å². The highest BCUT2D eigenvalue weighted by Crippen LogP contribution is 2.34. The molecule has 9 nitrogen and oxygen atoms in total. The third-order valence-corrected chi connectivity index (χ3v) is 6.26. The molecule has 4 heterocycles. The molecule has 0 unspecified atom stereocenters. The van der Waals surface area contributed by atoms with E-state index in [1.54, 1.807) is 23.3 Å². The number of amides is 1. The fourth-order valence-corrected chi connectivity index (χ4v) is 4.57. The van der Waals surface area contributed by atoms with Crippen LogP contribution in [0.2, 0.25) is 5.02 Å². The molecule has 0 saturated heterocycles. The fourth-order valence-electron chi connectivity index (χ4n) is 4.31. The van der Waals surface area contributed by atoms with E-state index in [-0.39, 0.29) is 11.9 Å². The van der Waals surface area contributed by atoms with Gasteiger partial charge >= 0.3 is 0 Å². The molecular weight excluding hydrogens is 432 g/mol. The molecule has 0 saturated carbocycles. The Morgan fingerprint density at radius 1 is 1.34 bits per heavy atom. The van der Waals surface area contributed by atoms with Crippen molar-refractivity contribution in [1.82, 2.24) is 24.6 Å². The first-order chi connectivity index (χ1) is 15.7. The third-order valence-electron chi connectivity index (χ3n) is 5.88. The van der Waals surface area contributed by atoms with Gasteiger partial charge in [0.2, 0.25) is 0 Å². The van der Waals surface area contributed by atoms with E-state index in [9.17, 15) is 4.79 Å². The number of aromatic nitrogens is 4. The van der Waals surface area contributed by atoms with E-state index < -0.39 is 0 Å². The van der Waals surface area contributed by atoms with Gasteiger partial charge in [-0.05, 0) is 31.4 Å². The number of nitrogens with zero attached hydrogens (tertiary/aromatic N) is 4. The molecule has 10 heteroatoms. The van der Waals surface area contributed by atoms with E-state index in [4.69, 9.17) is 26.8 Å². The summed E-state index contributed by atoms with van der Waals surface area (Å²) in [6.07, 6.45) is 6.57. The van der Waals surface area contributed by atoms with Gasteiger partial charge in [0.05, 0.1) is 48.9 Å². The molecule has 168 valence electrons. The van der Waals surface area contributed by atoms with Gasteiger partial charge in [-0.3, -0.25) is 4.79 Å². The van der Waals surface area contributed by atoms with Crippen molar-refractivity contribution in [2.45, 2.75) is 38.5 Å². The first-order valence-corrected chi connectivity index (χ1v) is 11.2. The molecular formula is C22H25ClN6O3. The summed E-state index contributed by atoms with van der Waals surface area (Å²) in [6.45, 7) is 2.41. The Hall–Kier alpha value is -2.88. The van der Waals surface area contributed by atoms with Gasteiger partial charge in [-0.1, -0.05) is 17.7 Å². The predicted octanol–water partition coefficient (Wildman–Crippen LogP) is 2.40. The Bertz CT molecular complexity index is 1140. The zero-order valence-corrected chi connectivity index (χ0v) is 18.3. The lowest BCUT2D eigenvalue weighted by Crippen LogP contribution is -2.35. The van der Waals surface area contributed by atoms with Gasteiger partial charge in [-0.2, -0.15) is 5.10 Å². The average molecular weight is 457 g/mol. The first kappa shape index (κ1) is 21.0. The quantitative estimate of drug-likeness (QED) is 0.589. The van der Waals surface area contributed by atoms with Gasteiger partial charge in [0.25, 0.3) is 5.91 Å². The SMILES string of the molecule is NCCOc1cccc(-n2ncc3c2COC[C@H]3NC(=O)c2ncn3c2CCCC3)c1Cl. The third kappa shape index (κ3) is 3.76. The number of carbonyl (C=O) groups excluding carboxylic acids is 1. The summed E-state index contributed by atoms with van der Waals surface area (Å²) in [6, 6.07) is 5.19. The molecule has 1 amide bonds. The highest BCUT2D eigenvalue weighted by Gasteiger charge is 2.29. The van der Waals surface area contributed by atoms with Gasteiger partial charge in [0.1, 0.15) is 23.1 Å². The highest BCUT2D eigenvalue weighted by atomic mass is 35.5. The van der Waals surface area contributed by atoms with Crippen molar-refractivity contribution in [2.75, 3.05) is 19.8 Å². The van der Waals surface area contributed by atoms with Crippen molar-refractivity contribution in [1.29, 1.82) is 0 Å². The summed E-state index contributed by atoms with van der Waals surface area (Å²) in [5, 5.41) is 8.07. The Labute approximate surface area is 190 Å². The van der Waals surface area contributed by atoms with Crippen molar-refractivity contribution in [3.63, 3.8) is 0 Å². The Morgan fingerprint density at radius 2 is 2.25 bits per heavy atom. The molecule has 3 N–H and O–H groups in total. The standard InChI is InChI=1S/C22H25ClN6O3/c23-20-16(5-3-6-19(20)32-9-7-24)29-18-12-31-11-15(14(18)10-26-29)27-22(30)21-17-4-1-2-8-28(17)13-25-21/h3,5-6,10,13,15H,1-2,4,7-9,11-12,24H2,(H,27,30)/t15-/m1/s1. The Kier molecular flexibility index (Phi) is 5.86. The van der Waals surface area contributed by atoms with Crippen LogP contribution in [0.25, 0.3) is 5.69 Å². The number of nitrogens with two attached hydrogens (primary N) is 1. The van der Waals surface area contributed by atoms with Crippen LogP contribution in [0.5, 0.6) is 5.75 Å². The summed E-state index contributed by atoms with van der Waals surface area (Å²) in [5.41, 5.74) is 9.46. The van der Waals surface area contributed by atoms with Crippen LogP contribution in [0.15, 0.2) is 30.7 Å². The summed E-state index contributed by atoms with van der Waals surface area (Å²) in [4.78, 5) is 17.4. The minimum absolute atomic E-state index is 0.190. The zero-order valence-electron chi connectivity index (χ0n) is 17.6. The van der Waals surface area contributed by atoms with Crippen LogP contribution in [0.1, 0.15) is 46.3 Å². The fraction of sp³-hybridized carbons (Fsp3) is 0.409. The second-order valence-corrected chi connectivity index (χ2v) is 8.29. The summed E-state index contributed by atoms with van der Waals surface area (Å²) >= 11 is 6.59. The lowest BCUT2D eigenvalue weighted by molar-refractivity contribution is 0.0684. The molecule has 5 rings (SSSR count). The number of nitrogens with one attached hydrogen (secondary N) is 1. The minimum Gasteiger partial charge on any atom is -0.491 e. The monoisotopic (exact) mass is 456 g/mol. The minimum atomic E-state index is -0.323. The van der Waals surface area contributed by atoms with Gasteiger partial charge in [0, 0.05) is 18.7 Å². The predicted molar refractivity (Wildman–Crippen MR) is 118 cm³/mol. The molecule has 2 aliphatic rings. The number of aryl methyl sites for hydroxylation is 1. The van der Waals surface area contributed by atoms with Crippen molar-refractivity contribution in [3.8, 4) is 11.4 Å².